The Balaban J connectivity index is 2.36. The fourth-order valence-corrected chi connectivity index (χ4v) is 2.08. The fraction of sp³-hybridized carbons (Fsp3) is 0.182. The van der Waals surface area contributed by atoms with Gasteiger partial charge in [0.15, 0.2) is 0 Å². The Morgan fingerprint density at radius 2 is 1.94 bits per heavy atom. The second kappa shape index (κ2) is 3.92. The van der Waals surface area contributed by atoms with Gasteiger partial charge in [0.1, 0.15) is 5.75 Å². The fourth-order valence-electron chi connectivity index (χ4n) is 1.43. The first-order valence-corrected chi connectivity index (χ1v) is 6.34. The molecule has 0 bridgehead atoms. The molecule has 2 rings (SSSR count). The highest BCUT2D eigenvalue weighted by molar-refractivity contribution is 7.91. The summed E-state index contributed by atoms with van der Waals surface area (Å²) in [5, 5.41) is 1.00. The molecule has 0 aliphatic rings. The van der Waals surface area contributed by atoms with E-state index in [1.165, 1.54) is 24.2 Å². The Bertz CT molecular complexity index is 566. The standard InChI is InChI=1S/C11H13N2O2S/c1-13(2)16(14,15)8-10-7-9-5-3-4-6-11(9)12-10/h3-8,12H,1-2H3. The second-order valence-electron chi connectivity index (χ2n) is 3.76. The molecule has 0 saturated carbocycles. The van der Waals surface area contributed by atoms with Gasteiger partial charge in [-0.25, -0.2) is 12.7 Å². The van der Waals surface area contributed by atoms with Crippen molar-refractivity contribution in [2.24, 2.45) is 0 Å². The van der Waals surface area contributed by atoms with Crippen molar-refractivity contribution in [3.63, 3.8) is 0 Å². The Kier molecular flexibility index (Phi) is 2.73. The van der Waals surface area contributed by atoms with E-state index in [0.717, 1.165) is 10.9 Å². The third-order valence-electron chi connectivity index (χ3n) is 2.34. The third kappa shape index (κ3) is 2.10. The Labute approximate surface area is 94.9 Å². The van der Waals surface area contributed by atoms with Crippen molar-refractivity contribution in [1.29, 1.82) is 0 Å². The zero-order valence-corrected chi connectivity index (χ0v) is 9.95. The van der Waals surface area contributed by atoms with E-state index in [-0.39, 0.29) is 0 Å². The first-order valence-electron chi connectivity index (χ1n) is 4.84. The molecule has 4 nitrogen and oxygen atoms in total. The third-order valence-corrected chi connectivity index (χ3v) is 3.91. The van der Waals surface area contributed by atoms with Gasteiger partial charge in [0, 0.05) is 25.3 Å². The lowest BCUT2D eigenvalue weighted by molar-refractivity contribution is 0.528. The van der Waals surface area contributed by atoms with Gasteiger partial charge < -0.3 is 4.98 Å². The van der Waals surface area contributed by atoms with Crippen molar-refractivity contribution in [2.75, 3.05) is 14.1 Å². The lowest BCUT2D eigenvalue weighted by Gasteiger charge is -2.08. The number of H-pyrrole nitrogens is 1. The maximum absolute atomic E-state index is 11.6. The SMILES string of the molecule is CN(C)S(=O)(=O)[CH]c1cc2ccccc2[nH]1. The van der Waals surface area contributed by atoms with Gasteiger partial charge in [0.2, 0.25) is 10.0 Å². The molecule has 0 saturated heterocycles. The number of fused-ring (bicyclic) bond motifs is 1. The molecule has 0 aliphatic heterocycles. The summed E-state index contributed by atoms with van der Waals surface area (Å²) in [6, 6.07) is 9.49. The van der Waals surface area contributed by atoms with Crippen LogP contribution in [0.3, 0.4) is 0 Å². The van der Waals surface area contributed by atoms with Gasteiger partial charge in [-0.1, -0.05) is 18.2 Å². The number of para-hydroxylation sites is 1. The summed E-state index contributed by atoms with van der Waals surface area (Å²) in [4.78, 5) is 3.05. The first kappa shape index (κ1) is 11.2. The number of hydrogen-bond donors (Lipinski definition) is 1. The van der Waals surface area contributed by atoms with Gasteiger partial charge in [-0.3, -0.25) is 0 Å². The van der Waals surface area contributed by atoms with E-state index in [0.29, 0.717) is 5.69 Å². The first-order chi connectivity index (χ1) is 7.49. The summed E-state index contributed by atoms with van der Waals surface area (Å²) < 4.78 is 24.4. The van der Waals surface area contributed by atoms with Crippen LogP contribution in [-0.2, 0) is 10.0 Å². The van der Waals surface area contributed by atoms with E-state index in [1.54, 1.807) is 0 Å². The van der Waals surface area contributed by atoms with Crippen LogP contribution in [0.1, 0.15) is 5.69 Å². The molecule has 2 aromatic rings. The molecular weight excluding hydrogens is 224 g/mol. The van der Waals surface area contributed by atoms with Crippen molar-refractivity contribution in [3.8, 4) is 0 Å². The van der Waals surface area contributed by atoms with Crippen molar-refractivity contribution < 1.29 is 8.42 Å². The molecule has 1 N–H and O–H groups in total. The highest BCUT2D eigenvalue weighted by Crippen LogP contribution is 2.18. The Morgan fingerprint density at radius 1 is 1.25 bits per heavy atom. The van der Waals surface area contributed by atoms with Crippen LogP contribution in [0.5, 0.6) is 0 Å². The number of sulfonamides is 1. The number of rotatable bonds is 3. The summed E-state index contributed by atoms with van der Waals surface area (Å²) in [6.07, 6.45) is 0. The zero-order valence-electron chi connectivity index (χ0n) is 9.14. The predicted octanol–water partition coefficient (Wildman–Crippen LogP) is 1.57. The number of nitrogens with one attached hydrogen (secondary N) is 1. The quantitative estimate of drug-likeness (QED) is 0.881. The van der Waals surface area contributed by atoms with Crippen LogP contribution in [-0.4, -0.2) is 31.8 Å². The van der Waals surface area contributed by atoms with Gasteiger partial charge in [-0.05, 0) is 17.5 Å². The van der Waals surface area contributed by atoms with Crippen LogP contribution in [0.4, 0.5) is 0 Å². The molecule has 0 aliphatic carbocycles. The normalized spacial score (nSPS) is 12.4. The molecule has 1 radical (unpaired) electrons. The van der Waals surface area contributed by atoms with E-state index in [4.69, 9.17) is 0 Å². The summed E-state index contributed by atoms with van der Waals surface area (Å²) in [5.74, 6) is 1.23. The van der Waals surface area contributed by atoms with Crippen molar-refractivity contribution >= 4 is 20.9 Å². The molecule has 1 aromatic heterocycles. The van der Waals surface area contributed by atoms with Gasteiger partial charge in [0.05, 0.1) is 0 Å². The van der Waals surface area contributed by atoms with E-state index >= 15 is 0 Å². The van der Waals surface area contributed by atoms with Crippen LogP contribution in [0, 0.1) is 5.75 Å². The van der Waals surface area contributed by atoms with E-state index in [1.807, 2.05) is 30.3 Å². The van der Waals surface area contributed by atoms with Crippen LogP contribution in [0.2, 0.25) is 0 Å². The van der Waals surface area contributed by atoms with E-state index < -0.39 is 10.0 Å². The van der Waals surface area contributed by atoms with Gasteiger partial charge in [-0.15, -0.1) is 0 Å². The Morgan fingerprint density at radius 3 is 2.56 bits per heavy atom. The predicted molar refractivity (Wildman–Crippen MR) is 64.3 cm³/mol. The topological polar surface area (TPSA) is 53.2 Å². The van der Waals surface area contributed by atoms with Crippen LogP contribution >= 0.6 is 0 Å². The Hall–Kier alpha value is -1.33. The molecule has 0 fully saturated rings. The highest BCUT2D eigenvalue weighted by atomic mass is 32.2. The lowest BCUT2D eigenvalue weighted by Crippen LogP contribution is -2.22. The van der Waals surface area contributed by atoms with E-state index in [2.05, 4.69) is 4.98 Å². The summed E-state index contributed by atoms with van der Waals surface area (Å²) in [7, 11) is -0.305. The molecule has 0 spiro atoms. The van der Waals surface area contributed by atoms with Crippen LogP contribution in [0.25, 0.3) is 10.9 Å². The highest BCUT2D eigenvalue weighted by Gasteiger charge is 2.16. The van der Waals surface area contributed by atoms with Gasteiger partial charge in [0.25, 0.3) is 0 Å². The van der Waals surface area contributed by atoms with Gasteiger partial charge in [-0.2, -0.15) is 0 Å². The molecule has 16 heavy (non-hydrogen) atoms. The van der Waals surface area contributed by atoms with Crippen LogP contribution in [0.15, 0.2) is 30.3 Å². The molecule has 0 amide bonds. The largest absolute Gasteiger partial charge is 0.357 e. The molecule has 0 atom stereocenters. The number of nitrogens with zero attached hydrogens (tertiary/aromatic N) is 1. The smallest absolute Gasteiger partial charge is 0.223 e. The summed E-state index contributed by atoms with van der Waals surface area (Å²) >= 11 is 0. The number of aromatic amines is 1. The summed E-state index contributed by atoms with van der Waals surface area (Å²) in [5.41, 5.74) is 1.53. The minimum atomic E-state index is -3.32. The van der Waals surface area contributed by atoms with Crippen molar-refractivity contribution in [3.05, 3.63) is 41.8 Å². The minimum absolute atomic E-state index is 0.593. The number of hydrogen-bond acceptors (Lipinski definition) is 2. The van der Waals surface area contributed by atoms with Gasteiger partial charge >= 0.3 is 0 Å². The molecule has 5 heteroatoms. The lowest BCUT2D eigenvalue weighted by atomic mass is 10.2. The molecule has 0 unspecified atom stereocenters. The maximum atomic E-state index is 11.6. The van der Waals surface area contributed by atoms with Crippen LogP contribution < -0.4 is 0 Å². The molecular formula is C11H13N2O2S. The summed E-state index contributed by atoms with van der Waals surface area (Å²) in [6.45, 7) is 0. The average molecular weight is 237 g/mol. The van der Waals surface area contributed by atoms with Crippen molar-refractivity contribution in [1.82, 2.24) is 9.29 Å². The second-order valence-corrected chi connectivity index (χ2v) is 5.75. The minimum Gasteiger partial charge on any atom is -0.357 e. The maximum Gasteiger partial charge on any atom is 0.223 e. The molecule has 1 aromatic carbocycles. The molecule has 1 heterocycles. The monoisotopic (exact) mass is 237 g/mol. The molecule has 85 valence electrons. The average Bonchev–Trinajstić information content (AvgIpc) is 2.58. The zero-order chi connectivity index (χ0) is 11.8. The number of aromatic nitrogens is 1. The number of benzene rings is 1. The van der Waals surface area contributed by atoms with Crippen molar-refractivity contribution in [2.45, 2.75) is 0 Å². The van der Waals surface area contributed by atoms with E-state index in [9.17, 15) is 8.42 Å².